The molecule has 0 aliphatic rings. The van der Waals surface area contributed by atoms with E-state index in [0.29, 0.717) is 40.2 Å². The predicted octanol–water partition coefficient (Wildman–Crippen LogP) is 3.63. The second kappa shape index (κ2) is 10.5. The van der Waals surface area contributed by atoms with Gasteiger partial charge in [0.15, 0.2) is 16.6 Å². The lowest BCUT2D eigenvalue weighted by atomic mass is 10.2. The highest BCUT2D eigenvalue weighted by Gasteiger charge is 2.15. The Morgan fingerprint density at radius 1 is 1.33 bits per heavy atom. The van der Waals surface area contributed by atoms with Gasteiger partial charge in [0.05, 0.1) is 25.6 Å². The summed E-state index contributed by atoms with van der Waals surface area (Å²) in [5.41, 5.74) is 9.64. The van der Waals surface area contributed by atoms with Crippen molar-refractivity contribution in [3.8, 4) is 11.5 Å². The number of hydrogen-bond acceptors (Lipinski definition) is 7. The van der Waals surface area contributed by atoms with Crippen LogP contribution in [0, 0.1) is 0 Å². The maximum atomic E-state index is 12.2. The van der Waals surface area contributed by atoms with Gasteiger partial charge >= 0.3 is 0 Å². The Balaban J connectivity index is 1.98. The highest BCUT2D eigenvalue weighted by molar-refractivity contribution is 7.17. The van der Waals surface area contributed by atoms with Crippen LogP contribution < -0.4 is 20.6 Å². The molecule has 0 saturated heterocycles. The first kappa shape index (κ1) is 20.7. The molecule has 0 radical (unpaired) electrons. The first-order valence-electron chi connectivity index (χ1n) is 8.98. The number of aromatic nitrogens is 1. The molecule has 2 aromatic rings. The third-order valence-electron chi connectivity index (χ3n) is 3.83. The zero-order chi connectivity index (χ0) is 19.6. The molecule has 146 valence electrons. The summed E-state index contributed by atoms with van der Waals surface area (Å²) in [6, 6.07) is 5.51. The molecule has 8 heteroatoms. The maximum Gasteiger partial charge on any atom is 0.283 e. The van der Waals surface area contributed by atoms with Gasteiger partial charge in [-0.05, 0) is 36.6 Å². The average Bonchev–Trinajstić information content (AvgIpc) is 3.06. The molecule has 27 heavy (non-hydrogen) atoms. The number of anilines is 1. The number of benzene rings is 1. The lowest BCUT2D eigenvalue weighted by Gasteiger charge is -2.11. The summed E-state index contributed by atoms with van der Waals surface area (Å²) in [5, 5.41) is 4.39. The van der Waals surface area contributed by atoms with Crippen LogP contribution in [0.3, 0.4) is 0 Å². The predicted molar refractivity (Wildman–Crippen MR) is 109 cm³/mol. The molecule has 7 nitrogen and oxygen atoms in total. The van der Waals surface area contributed by atoms with Crippen LogP contribution >= 0.6 is 11.3 Å². The Bertz CT molecular complexity index is 789. The third kappa shape index (κ3) is 5.96. The molecule has 2 rings (SSSR count). The molecule has 0 atom stereocenters. The van der Waals surface area contributed by atoms with Gasteiger partial charge in [-0.25, -0.2) is 10.4 Å². The molecule has 0 bridgehead atoms. The van der Waals surface area contributed by atoms with Crippen molar-refractivity contribution in [2.75, 3.05) is 19.5 Å². The van der Waals surface area contributed by atoms with Gasteiger partial charge in [0, 0.05) is 0 Å². The van der Waals surface area contributed by atoms with Crippen molar-refractivity contribution in [1.82, 2.24) is 10.4 Å². The van der Waals surface area contributed by atoms with Gasteiger partial charge in [-0.2, -0.15) is 5.10 Å². The highest BCUT2D eigenvalue weighted by Crippen LogP contribution is 2.27. The number of aryl methyl sites for hydroxylation is 1. The van der Waals surface area contributed by atoms with Gasteiger partial charge < -0.3 is 15.2 Å². The number of thiazole rings is 1. The minimum Gasteiger partial charge on any atom is -0.493 e. The quantitative estimate of drug-likeness (QED) is 0.367. The van der Waals surface area contributed by atoms with Gasteiger partial charge in [-0.1, -0.05) is 38.0 Å². The number of nitrogens with zero attached hydrogens (tertiary/aromatic N) is 2. The van der Waals surface area contributed by atoms with Crippen LogP contribution in [0.25, 0.3) is 0 Å². The number of nitrogens with two attached hydrogens (primary N) is 1. The number of carbonyl (C=O) groups is 1. The Morgan fingerprint density at radius 3 is 2.85 bits per heavy atom. The van der Waals surface area contributed by atoms with Gasteiger partial charge in [0.25, 0.3) is 5.91 Å². The maximum absolute atomic E-state index is 12.2. The molecular formula is C19H26N4O3S. The van der Waals surface area contributed by atoms with Crippen LogP contribution in [0.1, 0.15) is 54.0 Å². The van der Waals surface area contributed by atoms with Crippen LogP contribution in [-0.2, 0) is 6.42 Å². The molecule has 0 fully saturated rings. The average molecular weight is 391 g/mol. The summed E-state index contributed by atoms with van der Waals surface area (Å²) in [6.45, 7) is 4.73. The molecule has 1 heterocycles. The Labute approximate surface area is 163 Å². The Kier molecular flexibility index (Phi) is 8.06. The first-order valence-corrected chi connectivity index (χ1v) is 9.80. The number of nitrogen functional groups attached to an aromatic ring is 1. The fourth-order valence-corrected chi connectivity index (χ4v) is 3.23. The second-order valence-corrected chi connectivity index (χ2v) is 6.88. The lowest BCUT2D eigenvalue weighted by molar-refractivity contribution is 0.0958. The number of nitrogens with one attached hydrogen (secondary N) is 1. The van der Waals surface area contributed by atoms with E-state index in [1.165, 1.54) is 0 Å². The van der Waals surface area contributed by atoms with Crippen LogP contribution in [-0.4, -0.2) is 30.8 Å². The van der Waals surface area contributed by atoms with E-state index in [4.69, 9.17) is 15.2 Å². The summed E-state index contributed by atoms with van der Waals surface area (Å²) in [7, 11) is 1.59. The molecule has 0 spiro atoms. The van der Waals surface area contributed by atoms with E-state index < -0.39 is 0 Å². The summed E-state index contributed by atoms with van der Waals surface area (Å²) in [6.07, 6.45) is 5.48. The summed E-state index contributed by atoms with van der Waals surface area (Å²) in [5.74, 6) is 1.01. The van der Waals surface area contributed by atoms with E-state index in [0.717, 1.165) is 36.2 Å². The highest BCUT2D eigenvalue weighted by atomic mass is 32.1. The lowest BCUT2D eigenvalue weighted by Crippen LogP contribution is -2.17. The number of ether oxygens (including phenoxy) is 2. The van der Waals surface area contributed by atoms with Crippen LogP contribution in [0.4, 0.5) is 5.13 Å². The number of unbranched alkanes of at least 4 members (excludes halogenated alkanes) is 2. The second-order valence-electron chi connectivity index (χ2n) is 5.85. The molecular weight excluding hydrogens is 364 g/mol. The van der Waals surface area contributed by atoms with Crippen molar-refractivity contribution in [2.24, 2.45) is 5.10 Å². The first-order chi connectivity index (χ1) is 13.1. The van der Waals surface area contributed by atoms with Gasteiger partial charge in [0.1, 0.15) is 4.88 Å². The summed E-state index contributed by atoms with van der Waals surface area (Å²) in [4.78, 5) is 16.8. The van der Waals surface area contributed by atoms with Crippen molar-refractivity contribution in [3.05, 3.63) is 34.3 Å². The number of methoxy groups -OCH3 is 1. The van der Waals surface area contributed by atoms with Gasteiger partial charge in [-0.3, -0.25) is 4.79 Å². The van der Waals surface area contributed by atoms with Crippen molar-refractivity contribution < 1.29 is 14.3 Å². The molecule has 0 aliphatic heterocycles. The number of carbonyl (C=O) groups excluding carboxylic acids is 1. The molecule has 1 aromatic heterocycles. The largest absolute Gasteiger partial charge is 0.493 e. The third-order valence-corrected chi connectivity index (χ3v) is 4.75. The number of hydrogen-bond donors (Lipinski definition) is 2. The topological polar surface area (TPSA) is 98.8 Å². The molecule has 0 saturated carbocycles. The SMILES string of the molecule is CCCCCOc1ccc(/C=N\NC(=O)c2sc(N)nc2CC)cc1OC. The van der Waals surface area contributed by atoms with Crippen molar-refractivity contribution in [3.63, 3.8) is 0 Å². The van der Waals surface area contributed by atoms with E-state index in [1.807, 2.05) is 25.1 Å². The van der Waals surface area contributed by atoms with Crippen molar-refractivity contribution in [2.45, 2.75) is 39.5 Å². The molecule has 0 aliphatic carbocycles. The van der Waals surface area contributed by atoms with Crippen molar-refractivity contribution >= 4 is 28.6 Å². The van der Waals surface area contributed by atoms with E-state index in [1.54, 1.807) is 13.3 Å². The smallest absolute Gasteiger partial charge is 0.283 e. The van der Waals surface area contributed by atoms with E-state index in [9.17, 15) is 4.79 Å². The molecule has 1 aromatic carbocycles. The Hall–Kier alpha value is -2.61. The zero-order valence-corrected chi connectivity index (χ0v) is 16.8. The van der Waals surface area contributed by atoms with Crippen LogP contribution in [0.5, 0.6) is 11.5 Å². The van der Waals surface area contributed by atoms with E-state index >= 15 is 0 Å². The fourth-order valence-electron chi connectivity index (χ4n) is 2.42. The fraction of sp³-hybridized carbons (Fsp3) is 0.421. The normalized spacial score (nSPS) is 10.9. The number of amides is 1. The van der Waals surface area contributed by atoms with Gasteiger partial charge in [0.2, 0.25) is 0 Å². The number of rotatable bonds is 10. The van der Waals surface area contributed by atoms with Gasteiger partial charge in [-0.15, -0.1) is 0 Å². The number of hydrazone groups is 1. The molecule has 1 amide bonds. The monoisotopic (exact) mass is 390 g/mol. The van der Waals surface area contributed by atoms with Crippen molar-refractivity contribution in [1.29, 1.82) is 0 Å². The molecule has 0 unspecified atom stereocenters. The summed E-state index contributed by atoms with van der Waals surface area (Å²) >= 11 is 1.16. The van der Waals surface area contributed by atoms with Crippen LogP contribution in [0.2, 0.25) is 0 Å². The standard InChI is InChI=1S/C19H26N4O3S/c1-4-6-7-10-26-15-9-8-13(11-16(15)25-3)12-21-23-18(24)17-14(5-2)22-19(20)27-17/h8-9,11-12H,4-7,10H2,1-3H3,(H2,20,22)(H,23,24)/b21-12-. The van der Waals surface area contributed by atoms with Crippen LogP contribution in [0.15, 0.2) is 23.3 Å². The Morgan fingerprint density at radius 2 is 2.15 bits per heavy atom. The zero-order valence-electron chi connectivity index (χ0n) is 15.9. The molecule has 3 N–H and O–H groups in total. The minimum absolute atomic E-state index is 0.319. The van der Waals surface area contributed by atoms with E-state index in [2.05, 4.69) is 22.4 Å². The minimum atomic E-state index is -0.319. The van der Waals surface area contributed by atoms with E-state index in [-0.39, 0.29) is 5.91 Å². The summed E-state index contributed by atoms with van der Waals surface area (Å²) < 4.78 is 11.1.